The second-order valence-corrected chi connectivity index (χ2v) is 5.34. The van der Waals surface area contributed by atoms with E-state index in [0.717, 1.165) is 16.3 Å². The maximum Gasteiger partial charge on any atom is 0.263 e. The van der Waals surface area contributed by atoms with E-state index in [9.17, 15) is 4.79 Å². The van der Waals surface area contributed by atoms with Crippen LogP contribution < -0.4 is 11.1 Å². The maximum atomic E-state index is 11.9. The molecule has 5 heteroatoms. The first kappa shape index (κ1) is 12.6. The molecule has 1 amide bonds. The predicted octanol–water partition coefficient (Wildman–Crippen LogP) is 2.52. The number of benzene rings is 1. The summed E-state index contributed by atoms with van der Waals surface area (Å²) in [7, 11) is 0. The predicted molar refractivity (Wildman–Crippen MR) is 73.6 cm³/mol. The average molecular weight is 261 g/mol. The molecular weight excluding hydrogens is 246 g/mol. The van der Waals surface area contributed by atoms with E-state index in [1.165, 1.54) is 11.3 Å². The first-order valence-corrected chi connectivity index (χ1v) is 6.46. The van der Waals surface area contributed by atoms with Gasteiger partial charge in [0.05, 0.1) is 17.2 Å². The van der Waals surface area contributed by atoms with Gasteiger partial charge in [0, 0.05) is 5.69 Å². The van der Waals surface area contributed by atoms with Crippen molar-refractivity contribution in [3.8, 4) is 0 Å². The van der Waals surface area contributed by atoms with Gasteiger partial charge in [-0.1, -0.05) is 12.1 Å². The van der Waals surface area contributed by atoms with Gasteiger partial charge in [-0.05, 0) is 31.5 Å². The monoisotopic (exact) mass is 261 g/mol. The molecule has 18 heavy (non-hydrogen) atoms. The minimum absolute atomic E-state index is 0.0551. The van der Waals surface area contributed by atoms with Crippen molar-refractivity contribution in [3.05, 3.63) is 45.9 Å². The Morgan fingerprint density at radius 2 is 2.06 bits per heavy atom. The minimum Gasteiger partial charge on any atom is -0.399 e. The van der Waals surface area contributed by atoms with Crippen molar-refractivity contribution in [2.45, 2.75) is 19.9 Å². The lowest BCUT2D eigenvalue weighted by molar-refractivity contribution is 0.0944. The molecule has 0 saturated heterocycles. The number of nitrogens with two attached hydrogens (primary N) is 1. The summed E-state index contributed by atoms with van der Waals surface area (Å²) in [5.41, 5.74) is 7.37. The number of carbonyl (C=O) groups is 1. The number of nitrogen functional groups attached to an aromatic ring is 1. The van der Waals surface area contributed by atoms with Crippen LogP contribution in [0.3, 0.4) is 0 Å². The quantitative estimate of drug-likeness (QED) is 0.834. The van der Waals surface area contributed by atoms with E-state index in [0.29, 0.717) is 4.88 Å². The molecule has 2 rings (SSSR count). The lowest BCUT2D eigenvalue weighted by Gasteiger charge is -2.13. The van der Waals surface area contributed by atoms with Crippen LogP contribution in [0.15, 0.2) is 30.5 Å². The Hall–Kier alpha value is -1.88. The molecule has 2 aromatic rings. The standard InChI is InChI=1S/C13H15N3OS/c1-8(10-3-5-11(14)6-4-10)16-13(17)12-7-15-9(2)18-12/h3-8H,14H2,1-2H3,(H,16,17). The van der Waals surface area contributed by atoms with Crippen LogP contribution in [0.25, 0.3) is 0 Å². The smallest absolute Gasteiger partial charge is 0.263 e. The summed E-state index contributed by atoms with van der Waals surface area (Å²) in [5, 5.41) is 3.83. The number of rotatable bonds is 3. The summed E-state index contributed by atoms with van der Waals surface area (Å²) < 4.78 is 0. The summed E-state index contributed by atoms with van der Waals surface area (Å²) >= 11 is 1.39. The number of hydrogen-bond donors (Lipinski definition) is 2. The fourth-order valence-corrected chi connectivity index (χ4v) is 2.28. The third kappa shape index (κ3) is 2.87. The minimum atomic E-state index is -0.0927. The van der Waals surface area contributed by atoms with Crippen molar-refractivity contribution >= 4 is 22.9 Å². The van der Waals surface area contributed by atoms with Crippen LogP contribution in [0.4, 0.5) is 5.69 Å². The molecule has 0 radical (unpaired) electrons. The summed E-state index contributed by atoms with van der Waals surface area (Å²) in [5.74, 6) is -0.0927. The maximum absolute atomic E-state index is 11.9. The molecular formula is C13H15N3OS. The highest BCUT2D eigenvalue weighted by Crippen LogP contribution is 2.17. The molecule has 0 saturated carbocycles. The highest BCUT2D eigenvalue weighted by Gasteiger charge is 2.13. The average Bonchev–Trinajstić information content (AvgIpc) is 2.76. The number of nitrogens with zero attached hydrogens (tertiary/aromatic N) is 1. The summed E-state index contributed by atoms with van der Waals surface area (Å²) in [6, 6.07) is 7.43. The summed E-state index contributed by atoms with van der Waals surface area (Å²) in [4.78, 5) is 16.6. The van der Waals surface area contributed by atoms with Crippen LogP contribution in [0, 0.1) is 6.92 Å². The molecule has 94 valence electrons. The van der Waals surface area contributed by atoms with Gasteiger partial charge in [-0.3, -0.25) is 4.79 Å². The Morgan fingerprint density at radius 1 is 1.39 bits per heavy atom. The van der Waals surface area contributed by atoms with E-state index >= 15 is 0 Å². The molecule has 1 unspecified atom stereocenters. The summed E-state index contributed by atoms with van der Waals surface area (Å²) in [6.07, 6.45) is 1.60. The van der Waals surface area contributed by atoms with E-state index < -0.39 is 0 Å². The van der Waals surface area contributed by atoms with Crippen LogP contribution >= 0.6 is 11.3 Å². The van der Waals surface area contributed by atoms with Gasteiger partial charge in [0.25, 0.3) is 5.91 Å². The van der Waals surface area contributed by atoms with Gasteiger partial charge in [-0.15, -0.1) is 11.3 Å². The van der Waals surface area contributed by atoms with Crippen molar-refractivity contribution in [1.29, 1.82) is 0 Å². The number of nitrogens with one attached hydrogen (secondary N) is 1. The van der Waals surface area contributed by atoms with Crippen LogP contribution in [0.1, 0.15) is 33.2 Å². The number of carbonyl (C=O) groups excluding carboxylic acids is 1. The lowest BCUT2D eigenvalue weighted by atomic mass is 10.1. The van der Waals surface area contributed by atoms with Crippen molar-refractivity contribution in [3.63, 3.8) is 0 Å². The van der Waals surface area contributed by atoms with Gasteiger partial charge in [0.15, 0.2) is 0 Å². The highest BCUT2D eigenvalue weighted by atomic mass is 32.1. The first-order chi connectivity index (χ1) is 8.56. The zero-order valence-corrected chi connectivity index (χ0v) is 11.1. The number of aromatic nitrogens is 1. The molecule has 1 atom stereocenters. The summed E-state index contributed by atoms with van der Waals surface area (Å²) in [6.45, 7) is 3.82. The Labute approximate surface area is 110 Å². The third-order valence-corrected chi connectivity index (χ3v) is 3.54. The molecule has 0 fully saturated rings. The van der Waals surface area contributed by atoms with E-state index in [-0.39, 0.29) is 11.9 Å². The Kier molecular flexibility index (Phi) is 3.62. The Bertz CT molecular complexity index is 548. The van der Waals surface area contributed by atoms with Gasteiger partial charge in [-0.2, -0.15) is 0 Å². The third-order valence-electron chi connectivity index (χ3n) is 2.63. The van der Waals surface area contributed by atoms with Crippen molar-refractivity contribution in [2.75, 3.05) is 5.73 Å². The van der Waals surface area contributed by atoms with Gasteiger partial charge in [0.1, 0.15) is 4.88 Å². The lowest BCUT2D eigenvalue weighted by Crippen LogP contribution is -2.25. The molecule has 1 aromatic heterocycles. The van der Waals surface area contributed by atoms with Crippen LogP contribution in [0.2, 0.25) is 0 Å². The van der Waals surface area contributed by atoms with Crippen LogP contribution in [-0.4, -0.2) is 10.9 Å². The van der Waals surface area contributed by atoms with Crippen molar-refractivity contribution < 1.29 is 4.79 Å². The highest BCUT2D eigenvalue weighted by molar-refractivity contribution is 7.13. The number of hydrogen-bond acceptors (Lipinski definition) is 4. The van der Waals surface area contributed by atoms with E-state index in [4.69, 9.17) is 5.73 Å². The molecule has 0 aliphatic heterocycles. The Balaban J connectivity index is 2.05. The number of thiazole rings is 1. The number of amides is 1. The van der Waals surface area contributed by atoms with Crippen LogP contribution in [0.5, 0.6) is 0 Å². The molecule has 1 heterocycles. The zero-order chi connectivity index (χ0) is 13.1. The second-order valence-electron chi connectivity index (χ2n) is 4.11. The molecule has 3 N–H and O–H groups in total. The van der Waals surface area contributed by atoms with Crippen molar-refractivity contribution in [1.82, 2.24) is 10.3 Å². The van der Waals surface area contributed by atoms with E-state index in [1.807, 2.05) is 38.1 Å². The number of aryl methyl sites for hydroxylation is 1. The fourth-order valence-electron chi connectivity index (χ4n) is 1.60. The van der Waals surface area contributed by atoms with E-state index in [2.05, 4.69) is 10.3 Å². The SMILES string of the molecule is Cc1ncc(C(=O)NC(C)c2ccc(N)cc2)s1. The first-order valence-electron chi connectivity index (χ1n) is 5.65. The fraction of sp³-hybridized carbons (Fsp3) is 0.231. The normalized spacial score (nSPS) is 12.1. The second kappa shape index (κ2) is 5.18. The van der Waals surface area contributed by atoms with Crippen molar-refractivity contribution in [2.24, 2.45) is 0 Å². The molecule has 0 spiro atoms. The topological polar surface area (TPSA) is 68.0 Å². The molecule has 1 aromatic carbocycles. The van der Waals surface area contributed by atoms with Gasteiger partial charge in [-0.25, -0.2) is 4.98 Å². The number of anilines is 1. The van der Waals surface area contributed by atoms with E-state index in [1.54, 1.807) is 6.20 Å². The van der Waals surface area contributed by atoms with Gasteiger partial charge < -0.3 is 11.1 Å². The molecule has 0 aliphatic rings. The zero-order valence-electron chi connectivity index (χ0n) is 10.3. The van der Waals surface area contributed by atoms with Gasteiger partial charge >= 0.3 is 0 Å². The molecule has 0 bridgehead atoms. The largest absolute Gasteiger partial charge is 0.399 e. The Morgan fingerprint density at radius 3 is 2.61 bits per heavy atom. The molecule has 4 nitrogen and oxygen atoms in total. The van der Waals surface area contributed by atoms with Gasteiger partial charge in [0.2, 0.25) is 0 Å². The molecule has 0 aliphatic carbocycles. The van der Waals surface area contributed by atoms with Crippen LogP contribution in [-0.2, 0) is 0 Å².